The molecular weight excluding hydrogens is 336 g/mol. The Morgan fingerprint density at radius 1 is 0.565 bits per heavy atom. The standard InChI is InChI=1S/C20H6S3/c1-2-4-17-12-22-14-19(17)7-8-20-15(9-10-23-20)5-6-18-13-21-11-16(18)3-1/h9-14H. The summed E-state index contributed by atoms with van der Waals surface area (Å²) in [6.45, 7) is 0. The van der Waals surface area contributed by atoms with E-state index in [9.17, 15) is 0 Å². The molecule has 4 aromatic rings. The van der Waals surface area contributed by atoms with Crippen molar-refractivity contribution in [3.8, 4) is 0 Å². The summed E-state index contributed by atoms with van der Waals surface area (Å²) in [5, 5.41) is 14.8. The van der Waals surface area contributed by atoms with E-state index >= 15 is 0 Å². The summed E-state index contributed by atoms with van der Waals surface area (Å²) in [6.07, 6.45) is 0. The van der Waals surface area contributed by atoms with E-state index in [0.29, 0.717) is 0 Å². The second-order valence-corrected chi connectivity index (χ2v) is 6.96. The van der Waals surface area contributed by atoms with Crippen LogP contribution in [0.15, 0.2) is 33.0 Å². The Kier molecular flexibility index (Phi) is 3.78. The Labute approximate surface area is 146 Å². The van der Waals surface area contributed by atoms with Gasteiger partial charge in [0.1, 0.15) is 0 Å². The van der Waals surface area contributed by atoms with Crippen molar-refractivity contribution in [1.82, 2.24) is 0 Å². The molecule has 0 spiro atoms. The topological polar surface area (TPSA) is 0 Å². The van der Waals surface area contributed by atoms with E-state index in [4.69, 9.17) is 0 Å². The smallest absolute Gasteiger partial charge is 0.0928 e. The molecule has 0 saturated carbocycles. The molecule has 0 amide bonds. The predicted octanol–water partition coefficient (Wildman–Crippen LogP) is 5.98. The quantitative estimate of drug-likeness (QED) is 0.369. The van der Waals surface area contributed by atoms with E-state index in [1.54, 1.807) is 34.0 Å². The van der Waals surface area contributed by atoms with Gasteiger partial charge >= 0.3 is 0 Å². The Bertz CT molecular complexity index is 994. The van der Waals surface area contributed by atoms with Crippen LogP contribution in [0.2, 0.25) is 0 Å². The van der Waals surface area contributed by atoms with Crippen molar-refractivity contribution in [1.29, 1.82) is 0 Å². The highest BCUT2D eigenvalue weighted by atomic mass is 32.1. The average Bonchev–Trinajstić information content (AvgIpc) is 3.28. The van der Waals surface area contributed by atoms with Crippen LogP contribution in [-0.2, 0) is 0 Å². The Morgan fingerprint density at radius 3 is 1.74 bits per heavy atom. The molecule has 0 aliphatic rings. The molecule has 3 heteroatoms. The summed E-state index contributed by atoms with van der Waals surface area (Å²) >= 11 is 4.82. The number of hydrogen-bond donors (Lipinski definition) is 0. The van der Waals surface area contributed by atoms with E-state index in [1.165, 1.54) is 0 Å². The maximum Gasteiger partial charge on any atom is 0.0928 e. The highest BCUT2D eigenvalue weighted by molar-refractivity contribution is 7.17. The zero-order valence-corrected chi connectivity index (χ0v) is 14.1. The van der Waals surface area contributed by atoms with Gasteiger partial charge in [0.05, 0.1) is 31.6 Å². The first kappa shape index (κ1) is 14.0. The number of rotatable bonds is 0. The lowest BCUT2D eigenvalue weighted by Gasteiger charge is -1.73. The molecule has 104 valence electrons. The molecule has 0 aliphatic carbocycles. The minimum absolute atomic E-state index is 0.933. The molecule has 0 radical (unpaired) electrons. The van der Waals surface area contributed by atoms with Gasteiger partial charge in [0.2, 0.25) is 0 Å². The average molecular weight is 342 g/mol. The van der Waals surface area contributed by atoms with E-state index < -0.39 is 0 Å². The molecule has 0 nitrogen and oxygen atoms in total. The van der Waals surface area contributed by atoms with Gasteiger partial charge in [-0.2, -0.15) is 0 Å². The number of hydrogen-bond acceptors (Lipinski definition) is 3. The van der Waals surface area contributed by atoms with Gasteiger partial charge in [-0.25, -0.2) is 0 Å². The van der Waals surface area contributed by atoms with Crippen LogP contribution >= 0.6 is 34.0 Å². The fraction of sp³-hybridized carbons (Fsp3) is 0. The first-order chi connectivity index (χ1) is 11.4. The largest absolute Gasteiger partial charge is 0.150 e. The first-order valence-corrected chi connectivity index (χ1v) is 9.42. The minimum atomic E-state index is 0.933. The third kappa shape index (κ3) is 2.96. The molecule has 3 aromatic heterocycles. The summed E-state index contributed by atoms with van der Waals surface area (Å²) in [7, 11) is 0. The van der Waals surface area contributed by atoms with E-state index in [-0.39, 0.29) is 0 Å². The highest BCUT2D eigenvalue weighted by Gasteiger charge is 1.90. The zero-order valence-electron chi connectivity index (χ0n) is 11.7. The monoisotopic (exact) mass is 342 g/mol. The normalized spacial score (nSPS) is 9.22. The van der Waals surface area contributed by atoms with Gasteiger partial charge in [-0.15, -0.1) is 34.0 Å². The molecule has 0 aliphatic heterocycles. The van der Waals surface area contributed by atoms with Crippen LogP contribution < -0.4 is 0 Å². The maximum atomic E-state index is 3.23. The molecule has 0 bridgehead atoms. The lowest BCUT2D eigenvalue weighted by molar-refractivity contribution is 1.97. The lowest BCUT2D eigenvalue weighted by atomic mass is 10.3. The molecule has 0 unspecified atom stereocenters. The van der Waals surface area contributed by atoms with Gasteiger partial charge < -0.3 is 0 Å². The molecule has 23 heavy (non-hydrogen) atoms. The van der Waals surface area contributed by atoms with Crippen molar-refractivity contribution >= 4 is 65.6 Å². The summed E-state index contributed by atoms with van der Waals surface area (Å²) in [5.41, 5.74) is 0. The minimum Gasteiger partial charge on any atom is -0.150 e. The van der Waals surface area contributed by atoms with Crippen LogP contribution in [0.25, 0.3) is 31.6 Å². The van der Waals surface area contributed by atoms with Gasteiger partial charge in [-0.1, -0.05) is 30.3 Å². The van der Waals surface area contributed by atoms with E-state index in [1.807, 2.05) is 33.0 Å². The van der Waals surface area contributed by atoms with Gasteiger partial charge in [-0.05, 0) is 29.6 Å². The van der Waals surface area contributed by atoms with Gasteiger partial charge in [0.25, 0.3) is 0 Å². The van der Waals surface area contributed by atoms with Gasteiger partial charge in [-0.3, -0.25) is 0 Å². The highest BCUT2D eigenvalue weighted by Crippen LogP contribution is 2.17. The van der Waals surface area contributed by atoms with Crippen LogP contribution in [0, 0.1) is 48.5 Å². The van der Waals surface area contributed by atoms with E-state index in [0.717, 1.165) is 31.6 Å². The van der Waals surface area contributed by atoms with Crippen molar-refractivity contribution < 1.29 is 0 Å². The van der Waals surface area contributed by atoms with Crippen LogP contribution in [-0.4, -0.2) is 0 Å². The fourth-order valence-electron chi connectivity index (χ4n) is 1.94. The maximum absolute atomic E-state index is 3.23. The molecular formula is C20H6S3. The summed E-state index contributed by atoms with van der Waals surface area (Å²) in [5.74, 6) is 0. The Morgan fingerprint density at radius 2 is 1.09 bits per heavy atom. The Hall–Kier alpha value is -2.66. The van der Waals surface area contributed by atoms with Gasteiger partial charge in [0, 0.05) is 21.5 Å². The second kappa shape index (κ2) is 6.22. The van der Waals surface area contributed by atoms with Crippen LogP contribution in [0.4, 0.5) is 0 Å². The van der Waals surface area contributed by atoms with Crippen molar-refractivity contribution in [2.75, 3.05) is 0 Å². The van der Waals surface area contributed by atoms with Gasteiger partial charge in [0.15, 0.2) is 0 Å². The molecule has 0 saturated heterocycles. The van der Waals surface area contributed by atoms with Crippen molar-refractivity contribution in [3.63, 3.8) is 0 Å². The van der Waals surface area contributed by atoms with Crippen LogP contribution in [0.3, 0.4) is 0 Å². The number of thiophene rings is 3. The molecule has 0 fully saturated rings. The third-order valence-corrected chi connectivity index (χ3v) is 5.41. The molecule has 1 aromatic carbocycles. The molecule has 0 N–H and O–H groups in total. The first-order valence-electron chi connectivity index (χ1n) is 6.66. The predicted molar refractivity (Wildman–Crippen MR) is 98.5 cm³/mol. The van der Waals surface area contributed by atoms with E-state index in [2.05, 4.69) is 48.5 Å². The molecule has 0 atom stereocenters. The Balaban J connectivity index is 2.10. The molecule has 3 heterocycles. The summed E-state index contributed by atoms with van der Waals surface area (Å²) in [4.78, 5) is 0. The van der Waals surface area contributed by atoms with Crippen LogP contribution in [0.1, 0.15) is 0 Å². The van der Waals surface area contributed by atoms with Crippen molar-refractivity contribution in [3.05, 3.63) is 81.5 Å². The van der Waals surface area contributed by atoms with Crippen molar-refractivity contribution in [2.24, 2.45) is 0 Å². The second-order valence-electron chi connectivity index (χ2n) is 4.56. The SMILES string of the molecule is c1c#cc2cscc2c#cc2sccc2c#cc2cscc2c#1. The third-order valence-electron chi connectivity index (χ3n) is 3.09. The van der Waals surface area contributed by atoms with Crippen LogP contribution in [0.5, 0.6) is 0 Å². The fourth-order valence-corrected chi connectivity index (χ4v) is 4.06. The van der Waals surface area contributed by atoms with Crippen molar-refractivity contribution in [2.45, 2.75) is 0 Å². The summed E-state index contributed by atoms with van der Waals surface area (Å²) in [6, 6.07) is 26.9. The zero-order chi connectivity index (χ0) is 15.5. The lowest BCUT2D eigenvalue weighted by Crippen LogP contribution is -1.52. The molecule has 4 rings (SSSR count). The summed E-state index contributed by atoms with van der Waals surface area (Å²) < 4.78 is 0.988. The number of fused-ring (bicyclic) bond motifs is 3.